The highest BCUT2D eigenvalue weighted by atomic mass is 16.6. The van der Waals surface area contributed by atoms with Gasteiger partial charge in [-0.15, -0.1) is 0 Å². The summed E-state index contributed by atoms with van der Waals surface area (Å²) in [6, 6.07) is 6.39. The van der Waals surface area contributed by atoms with Crippen LogP contribution in [0.1, 0.15) is 6.42 Å². The van der Waals surface area contributed by atoms with E-state index in [-0.39, 0.29) is 18.0 Å². The second kappa shape index (κ2) is 6.85. The number of nitro groups is 1. The van der Waals surface area contributed by atoms with Gasteiger partial charge >= 0.3 is 0 Å². The molecular formula is C13H17N5O4. The second-order valence-corrected chi connectivity index (χ2v) is 4.89. The van der Waals surface area contributed by atoms with Crippen LogP contribution in [-0.2, 0) is 9.59 Å². The Kier molecular flexibility index (Phi) is 4.89. The summed E-state index contributed by atoms with van der Waals surface area (Å²) in [6.07, 6.45) is -0.271. The van der Waals surface area contributed by atoms with E-state index in [0.29, 0.717) is 26.2 Å². The average molecular weight is 307 g/mol. The van der Waals surface area contributed by atoms with Gasteiger partial charge in [0.1, 0.15) is 6.42 Å². The molecule has 0 spiro atoms. The molecule has 22 heavy (non-hydrogen) atoms. The van der Waals surface area contributed by atoms with Gasteiger partial charge in [-0.05, 0) is 6.07 Å². The average Bonchev–Trinajstić information content (AvgIpc) is 2.55. The lowest BCUT2D eigenvalue weighted by Crippen LogP contribution is -2.49. The first kappa shape index (κ1) is 15.7. The van der Waals surface area contributed by atoms with Crippen molar-refractivity contribution in [3.05, 3.63) is 34.4 Å². The Bertz CT molecular complexity index is 584. The van der Waals surface area contributed by atoms with Gasteiger partial charge in [0, 0.05) is 44.0 Å². The number of nitrogens with two attached hydrogens (primary N) is 1. The van der Waals surface area contributed by atoms with Crippen LogP contribution in [0.25, 0.3) is 0 Å². The van der Waals surface area contributed by atoms with Crippen molar-refractivity contribution in [3.63, 3.8) is 0 Å². The summed E-state index contributed by atoms with van der Waals surface area (Å²) in [5, 5.41) is 10.8. The zero-order chi connectivity index (χ0) is 16.1. The number of nitro benzene ring substituents is 1. The molecule has 1 heterocycles. The number of carbonyl (C=O) groups excluding carboxylic acids is 2. The van der Waals surface area contributed by atoms with Gasteiger partial charge in [-0.2, -0.15) is 0 Å². The molecule has 0 unspecified atom stereocenters. The fourth-order valence-corrected chi connectivity index (χ4v) is 2.32. The number of hydrogen-bond acceptors (Lipinski definition) is 6. The number of anilines is 1. The van der Waals surface area contributed by atoms with E-state index in [4.69, 9.17) is 5.84 Å². The standard InChI is InChI=1S/C13H17N5O4/c14-15-12(19)9-13(20)17-6-4-16(5-7-17)10-2-1-3-11(8-10)18(21)22/h1-3,8H,4-7,9,14H2,(H,15,19). The van der Waals surface area contributed by atoms with Crippen LogP contribution in [0.3, 0.4) is 0 Å². The van der Waals surface area contributed by atoms with Gasteiger partial charge in [0.05, 0.1) is 4.92 Å². The Morgan fingerprint density at radius 3 is 2.55 bits per heavy atom. The predicted molar refractivity (Wildman–Crippen MR) is 78.8 cm³/mol. The molecule has 9 nitrogen and oxygen atoms in total. The normalized spacial score (nSPS) is 14.6. The SMILES string of the molecule is NNC(=O)CC(=O)N1CCN(c2cccc([N+](=O)[O-])c2)CC1. The lowest BCUT2D eigenvalue weighted by molar-refractivity contribution is -0.384. The van der Waals surface area contributed by atoms with Gasteiger partial charge in [0.15, 0.2) is 0 Å². The number of rotatable bonds is 4. The molecule has 118 valence electrons. The van der Waals surface area contributed by atoms with E-state index in [2.05, 4.69) is 0 Å². The van der Waals surface area contributed by atoms with Gasteiger partial charge < -0.3 is 9.80 Å². The number of piperazine rings is 1. The van der Waals surface area contributed by atoms with Crippen LogP contribution in [0.15, 0.2) is 24.3 Å². The number of nitrogens with zero attached hydrogens (tertiary/aromatic N) is 3. The Hall–Kier alpha value is -2.68. The summed E-state index contributed by atoms with van der Waals surface area (Å²) in [7, 11) is 0. The first-order valence-electron chi connectivity index (χ1n) is 6.78. The Balaban J connectivity index is 1.94. The van der Waals surface area contributed by atoms with E-state index in [1.165, 1.54) is 12.1 Å². The second-order valence-electron chi connectivity index (χ2n) is 4.89. The number of hydrogen-bond donors (Lipinski definition) is 2. The smallest absolute Gasteiger partial charge is 0.271 e. The fourth-order valence-electron chi connectivity index (χ4n) is 2.32. The van der Waals surface area contributed by atoms with Crippen molar-refractivity contribution in [1.82, 2.24) is 10.3 Å². The summed E-state index contributed by atoms with van der Waals surface area (Å²) in [6.45, 7) is 2.02. The largest absolute Gasteiger partial charge is 0.368 e. The maximum Gasteiger partial charge on any atom is 0.271 e. The van der Waals surface area contributed by atoms with E-state index in [0.717, 1.165) is 5.69 Å². The van der Waals surface area contributed by atoms with Crippen molar-refractivity contribution in [2.24, 2.45) is 5.84 Å². The molecule has 1 fully saturated rings. The first-order valence-corrected chi connectivity index (χ1v) is 6.78. The minimum absolute atomic E-state index is 0.0376. The molecule has 2 rings (SSSR count). The summed E-state index contributed by atoms with van der Waals surface area (Å²) in [5.74, 6) is 4.15. The number of non-ortho nitro benzene ring substituents is 1. The molecule has 0 saturated carbocycles. The number of hydrazine groups is 1. The topological polar surface area (TPSA) is 122 Å². The van der Waals surface area contributed by atoms with E-state index in [1.807, 2.05) is 10.3 Å². The molecule has 0 bridgehead atoms. The molecule has 0 atom stereocenters. The van der Waals surface area contributed by atoms with E-state index < -0.39 is 10.8 Å². The van der Waals surface area contributed by atoms with E-state index in [9.17, 15) is 19.7 Å². The zero-order valence-corrected chi connectivity index (χ0v) is 11.9. The van der Waals surface area contributed by atoms with Gasteiger partial charge in [0.25, 0.3) is 5.69 Å². The molecule has 1 saturated heterocycles. The minimum Gasteiger partial charge on any atom is -0.368 e. The third-order valence-corrected chi connectivity index (χ3v) is 3.51. The Morgan fingerprint density at radius 2 is 1.95 bits per heavy atom. The quantitative estimate of drug-likeness (QED) is 0.257. The van der Waals surface area contributed by atoms with E-state index in [1.54, 1.807) is 17.0 Å². The van der Waals surface area contributed by atoms with Crippen LogP contribution in [0.2, 0.25) is 0 Å². The number of benzene rings is 1. The number of carbonyl (C=O) groups is 2. The lowest BCUT2D eigenvalue weighted by atomic mass is 10.2. The van der Waals surface area contributed by atoms with Crippen LogP contribution >= 0.6 is 0 Å². The summed E-state index contributed by atoms with van der Waals surface area (Å²) < 4.78 is 0. The Morgan fingerprint density at radius 1 is 1.27 bits per heavy atom. The van der Waals surface area contributed by atoms with Crippen molar-refractivity contribution < 1.29 is 14.5 Å². The van der Waals surface area contributed by atoms with Crippen LogP contribution < -0.4 is 16.2 Å². The third-order valence-electron chi connectivity index (χ3n) is 3.51. The monoisotopic (exact) mass is 307 g/mol. The van der Waals surface area contributed by atoms with Crippen LogP contribution in [0, 0.1) is 10.1 Å². The molecule has 1 aromatic rings. The molecule has 0 aliphatic carbocycles. The van der Waals surface area contributed by atoms with Crippen molar-refractivity contribution in [2.45, 2.75) is 6.42 Å². The molecule has 0 aromatic heterocycles. The van der Waals surface area contributed by atoms with Crippen molar-refractivity contribution >= 4 is 23.2 Å². The van der Waals surface area contributed by atoms with E-state index >= 15 is 0 Å². The molecular weight excluding hydrogens is 290 g/mol. The summed E-state index contributed by atoms with van der Waals surface area (Å²) in [4.78, 5) is 36.9. The maximum atomic E-state index is 11.9. The molecule has 3 N–H and O–H groups in total. The number of amides is 2. The van der Waals surface area contributed by atoms with Crippen LogP contribution in [0.4, 0.5) is 11.4 Å². The minimum atomic E-state index is -0.522. The van der Waals surface area contributed by atoms with Gasteiger partial charge in [-0.1, -0.05) is 6.07 Å². The van der Waals surface area contributed by atoms with Crippen LogP contribution in [-0.4, -0.2) is 47.8 Å². The maximum absolute atomic E-state index is 11.9. The van der Waals surface area contributed by atoms with Crippen molar-refractivity contribution in [3.8, 4) is 0 Å². The molecule has 9 heteroatoms. The highest BCUT2D eigenvalue weighted by Gasteiger charge is 2.23. The van der Waals surface area contributed by atoms with Crippen molar-refractivity contribution in [1.29, 1.82) is 0 Å². The van der Waals surface area contributed by atoms with Crippen LogP contribution in [0.5, 0.6) is 0 Å². The highest BCUT2D eigenvalue weighted by molar-refractivity contribution is 5.96. The van der Waals surface area contributed by atoms with Gasteiger partial charge in [-0.25, -0.2) is 5.84 Å². The zero-order valence-electron chi connectivity index (χ0n) is 11.9. The highest BCUT2D eigenvalue weighted by Crippen LogP contribution is 2.22. The molecule has 0 radical (unpaired) electrons. The fraction of sp³-hybridized carbons (Fsp3) is 0.385. The first-order chi connectivity index (χ1) is 10.5. The van der Waals surface area contributed by atoms with Gasteiger partial charge in [-0.3, -0.25) is 25.1 Å². The van der Waals surface area contributed by atoms with Gasteiger partial charge in [0.2, 0.25) is 11.8 Å². The molecule has 1 aromatic carbocycles. The summed E-state index contributed by atoms with van der Waals surface area (Å²) >= 11 is 0. The third kappa shape index (κ3) is 3.70. The number of nitrogens with one attached hydrogen (secondary N) is 1. The molecule has 1 aliphatic rings. The summed E-state index contributed by atoms with van der Waals surface area (Å²) in [5.41, 5.74) is 2.71. The molecule has 2 amide bonds. The predicted octanol–water partition coefficient (Wildman–Crippen LogP) is -0.377. The Labute approximate surface area is 126 Å². The lowest BCUT2D eigenvalue weighted by Gasteiger charge is -2.36. The molecule has 1 aliphatic heterocycles. The van der Waals surface area contributed by atoms with Crippen molar-refractivity contribution in [2.75, 3.05) is 31.1 Å².